The molecule has 1 aromatic rings. The number of rotatable bonds is 6. The minimum atomic E-state index is -0.617. The van der Waals surface area contributed by atoms with Gasteiger partial charge in [-0.15, -0.1) is 0 Å². The highest BCUT2D eigenvalue weighted by Crippen LogP contribution is 2.21. The van der Waals surface area contributed by atoms with Crippen LogP contribution in [0.4, 0.5) is 4.39 Å². The summed E-state index contributed by atoms with van der Waals surface area (Å²) < 4.78 is 18.8. The predicted octanol–water partition coefficient (Wildman–Crippen LogP) is 1.84. The van der Waals surface area contributed by atoms with Gasteiger partial charge >= 0.3 is 0 Å². The molecule has 4 nitrogen and oxygen atoms in total. The van der Waals surface area contributed by atoms with Crippen LogP contribution in [-0.4, -0.2) is 25.1 Å². The zero-order valence-corrected chi connectivity index (χ0v) is 11.8. The molecule has 2 N–H and O–H groups in total. The fraction of sp³-hybridized carbons (Fsp3) is 0.500. The largest absolute Gasteiger partial charge is 0.481 e. The van der Waals surface area contributed by atoms with E-state index in [9.17, 15) is 9.18 Å². The van der Waals surface area contributed by atoms with E-state index in [4.69, 9.17) is 4.74 Å². The van der Waals surface area contributed by atoms with Gasteiger partial charge in [0.25, 0.3) is 5.91 Å². The van der Waals surface area contributed by atoms with E-state index in [1.807, 2.05) is 13.8 Å². The van der Waals surface area contributed by atoms with Crippen LogP contribution >= 0.6 is 0 Å². The molecular formula is C14H21FN2O2. The molecule has 1 atom stereocenters. The Kier molecular flexibility index (Phi) is 5.76. The van der Waals surface area contributed by atoms with E-state index < -0.39 is 6.10 Å². The first-order valence-corrected chi connectivity index (χ1v) is 6.34. The van der Waals surface area contributed by atoms with Gasteiger partial charge in [-0.25, -0.2) is 4.39 Å². The Morgan fingerprint density at radius 2 is 2.05 bits per heavy atom. The number of hydrogen-bond acceptors (Lipinski definition) is 3. The number of likely N-dealkylation sites (N-methyl/N-ethyl adjacent to an activating group) is 1. The van der Waals surface area contributed by atoms with Crippen LogP contribution in [0, 0.1) is 5.82 Å². The molecule has 1 amide bonds. The maximum absolute atomic E-state index is 13.3. The molecule has 0 spiro atoms. The van der Waals surface area contributed by atoms with Crippen LogP contribution in [-0.2, 0) is 11.3 Å². The predicted molar refractivity (Wildman–Crippen MR) is 72.5 cm³/mol. The van der Waals surface area contributed by atoms with Crippen molar-refractivity contribution in [3.63, 3.8) is 0 Å². The average Bonchev–Trinajstić information content (AvgIpc) is 2.37. The Bertz CT molecular complexity index is 435. The minimum Gasteiger partial charge on any atom is -0.481 e. The first-order chi connectivity index (χ1) is 8.93. The highest BCUT2D eigenvalue weighted by atomic mass is 19.1. The number of nitrogens with one attached hydrogen (secondary N) is 2. The summed E-state index contributed by atoms with van der Waals surface area (Å²) in [7, 11) is 1.55. The Balaban J connectivity index is 2.84. The number of benzene rings is 1. The molecular weight excluding hydrogens is 247 g/mol. The van der Waals surface area contributed by atoms with Crippen LogP contribution in [0.3, 0.4) is 0 Å². The van der Waals surface area contributed by atoms with Gasteiger partial charge in [0.1, 0.15) is 11.6 Å². The Morgan fingerprint density at radius 1 is 1.37 bits per heavy atom. The molecule has 0 radical (unpaired) electrons. The van der Waals surface area contributed by atoms with E-state index in [1.165, 1.54) is 12.1 Å². The summed E-state index contributed by atoms with van der Waals surface area (Å²) in [4.78, 5) is 11.4. The Labute approximate surface area is 113 Å². The topological polar surface area (TPSA) is 50.4 Å². The normalized spacial score (nSPS) is 12.3. The smallest absolute Gasteiger partial charge is 0.260 e. The summed E-state index contributed by atoms with van der Waals surface area (Å²) in [5, 5.41) is 5.71. The molecule has 5 heteroatoms. The lowest BCUT2D eigenvalue weighted by molar-refractivity contribution is -0.126. The van der Waals surface area contributed by atoms with Crippen molar-refractivity contribution in [3.8, 4) is 5.75 Å². The van der Waals surface area contributed by atoms with Gasteiger partial charge < -0.3 is 15.4 Å². The number of carbonyl (C=O) groups excluding carboxylic acids is 1. The summed E-state index contributed by atoms with van der Waals surface area (Å²) in [5.41, 5.74) is 0.699. The summed E-state index contributed by atoms with van der Waals surface area (Å²) in [6.45, 7) is 6.16. The van der Waals surface area contributed by atoms with Crippen molar-refractivity contribution in [3.05, 3.63) is 29.6 Å². The van der Waals surface area contributed by atoms with Crippen LogP contribution in [0.5, 0.6) is 5.75 Å². The summed E-state index contributed by atoms with van der Waals surface area (Å²) in [5.74, 6) is -0.0155. The third-order valence-corrected chi connectivity index (χ3v) is 2.64. The second-order valence-electron chi connectivity index (χ2n) is 4.66. The molecule has 19 heavy (non-hydrogen) atoms. The third-order valence-electron chi connectivity index (χ3n) is 2.64. The van der Waals surface area contributed by atoms with Crippen molar-refractivity contribution in [2.24, 2.45) is 0 Å². The monoisotopic (exact) mass is 268 g/mol. The molecule has 0 aliphatic heterocycles. The van der Waals surface area contributed by atoms with Crippen LogP contribution < -0.4 is 15.4 Å². The molecule has 0 saturated heterocycles. The Morgan fingerprint density at radius 3 is 2.63 bits per heavy atom. The zero-order valence-electron chi connectivity index (χ0n) is 11.8. The van der Waals surface area contributed by atoms with Gasteiger partial charge in [-0.3, -0.25) is 4.79 Å². The number of hydrogen-bond donors (Lipinski definition) is 2. The molecule has 0 bridgehead atoms. The number of halogens is 1. The lowest BCUT2D eigenvalue weighted by Gasteiger charge is -2.17. The average molecular weight is 268 g/mol. The molecule has 1 unspecified atom stereocenters. The first kappa shape index (κ1) is 15.4. The van der Waals surface area contributed by atoms with Crippen LogP contribution in [0.15, 0.2) is 18.2 Å². The molecule has 0 aliphatic rings. The molecule has 1 rings (SSSR count). The second-order valence-corrected chi connectivity index (χ2v) is 4.66. The zero-order chi connectivity index (χ0) is 14.4. The lowest BCUT2D eigenvalue weighted by Crippen LogP contribution is -2.34. The Hall–Kier alpha value is -1.62. The highest BCUT2D eigenvalue weighted by molar-refractivity contribution is 5.80. The molecule has 0 fully saturated rings. The van der Waals surface area contributed by atoms with E-state index in [0.717, 1.165) is 0 Å². The van der Waals surface area contributed by atoms with Gasteiger partial charge in [0, 0.05) is 25.2 Å². The van der Waals surface area contributed by atoms with Crippen molar-refractivity contribution < 1.29 is 13.9 Å². The van der Waals surface area contributed by atoms with Crippen molar-refractivity contribution in [1.82, 2.24) is 10.6 Å². The van der Waals surface area contributed by atoms with Gasteiger partial charge in [0.05, 0.1) is 0 Å². The van der Waals surface area contributed by atoms with Crippen molar-refractivity contribution in [2.45, 2.75) is 39.5 Å². The van der Waals surface area contributed by atoms with Crippen LogP contribution in [0.25, 0.3) is 0 Å². The van der Waals surface area contributed by atoms with Gasteiger partial charge in [0.15, 0.2) is 6.10 Å². The summed E-state index contributed by atoms with van der Waals surface area (Å²) >= 11 is 0. The van der Waals surface area contributed by atoms with Crippen molar-refractivity contribution in [2.75, 3.05) is 7.05 Å². The fourth-order valence-corrected chi connectivity index (χ4v) is 1.56. The summed E-state index contributed by atoms with van der Waals surface area (Å²) in [6.07, 6.45) is -0.617. The highest BCUT2D eigenvalue weighted by Gasteiger charge is 2.15. The van der Waals surface area contributed by atoms with Gasteiger partial charge in [-0.05, 0) is 25.1 Å². The van der Waals surface area contributed by atoms with Gasteiger partial charge in [-0.1, -0.05) is 13.8 Å². The van der Waals surface area contributed by atoms with Gasteiger partial charge in [0.2, 0.25) is 0 Å². The fourth-order valence-electron chi connectivity index (χ4n) is 1.56. The molecule has 0 heterocycles. The molecule has 106 valence electrons. The SMILES string of the molecule is CNC(=O)C(C)Oc1ccc(F)cc1CNC(C)C. The van der Waals surface area contributed by atoms with E-state index in [2.05, 4.69) is 10.6 Å². The summed E-state index contributed by atoms with van der Waals surface area (Å²) in [6, 6.07) is 4.57. The molecule has 0 saturated carbocycles. The van der Waals surface area contributed by atoms with Crippen molar-refractivity contribution in [1.29, 1.82) is 0 Å². The van der Waals surface area contributed by atoms with E-state index in [-0.39, 0.29) is 17.8 Å². The number of ether oxygens (including phenoxy) is 1. The standard InChI is InChI=1S/C14H21FN2O2/c1-9(2)17-8-11-7-12(15)5-6-13(11)19-10(3)14(18)16-4/h5-7,9-10,17H,8H2,1-4H3,(H,16,18). The first-order valence-electron chi connectivity index (χ1n) is 6.34. The minimum absolute atomic E-state index is 0.216. The molecule has 1 aromatic carbocycles. The lowest BCUT2D eigenvalue weighted by atomic mass is 10.2. The van der Waals surface area contributed by atoms with Crippen molar-refractivity contribution >= 4 is 5.91 Å². The quantitative estimate of drug-likeness (QED) is 0.827. The van der Waals surface area contributed by atoms with Crippen LogP contribution in [0.2, 0.25) is 0 Å². The number of amides is 1. The van der Waals surface area contributed by atoms with Crippen LogP contribution in [0.1, 0.15) is 26.3 Å². The van der Waals surface area contributed by atoms with Gasteiger partial charge in [-0.2, -0.15) is 0 Å². The second kappa shape index (κ2) is 7.09. The van der Waals surface area contributed by atoms with E-state index in [1.54, 1.807) is 20.0 Å². The third kappa shape index (κ3) is 4.87. The molecule has 0 aromatic heterocycles. The van der Waals surface area contributed by atoms with E-state index in [0.29, 0.717) is 17.9 Å². The molecule has 0 aliphatic carbocycles. The van der Waals surface area contributed by atoms with E-state index >= 15 is 0 Å². The maximum atomic E-state index is 13.3. The number of carbonyl (C=O) groups is 1. The maximum Gasteiger partial charge on any atom is 0.260 e.